The molecule has 0 amide bonds. The van der Waals surface area contributed by atoms with Crippen molar-refractivity contribution in [3.63, 3.8) is 0 Å². The van der Waals surface area contributed by atoms with E-state index in [1.807, 2.05) is 6.92 Å². The zero-order valence-corrected chi connectivity index (χ0v) is 12.6. The fourth-order valence-electron chi connectivity index (χ4n) is 1.86. The minimum absolute atomic E-state index is 0.00428. The number of carbonyl (C=O) groups is 1. The number of nitrogens with two attached hydrogens (primary N) is 1. The van der Waals surface area contributed by atoms with Gasteiger partial charge in [0.2, 0.25) is 10.0 Å². The van der Waals surface area contributed by atoms with Gasteiger partial charge in [-0.05, 0) is 30.5 Å². The third-order valence-electron chi connectivity index (χ3n) is 3.22. The van der Waals surface area contributed by atoms with Gasteiger partial charge in [-0.25, -0.2) is 17.9 Å². The Balaban J connectivity index is 2.90. The van der Waals surface area contributed by atoms with Crippen molar-refractivity contribution in [1.82, 2.24) is 4.72 Å². The number of hydrogen-bond acceptors (Lipinski definition) is 5. The monoisotopic (exact) mass is 316 g/mol. The minimum atomic E-state index is -3.81. The smallest absolute Gasteiger partial charge is 0.335 e. The van der Waals surface area contributed by atoms with Gasteiger partial charge < -0.3 is 15.9 Å². The van der Waals surface area contributed by atoms with Crippen LogP contribution in [0.25, 0.3) is 0 Å². The lowest BCUT2D eigenvalue weighted by Gasteiger charge is -2.15. The second-order valence-electron chi connectivity index (χ2n) is 4.70. The van der Waals surface area contributed by atoms with Gasteiger partial charge in [-0.15, -0.1) is 0 Å². The first-order valence-corrected chi connectivity index (χ1v) is 8.03. The molecule has 0 spiro atoms. The van der Waals surface area contributed by atoms with E-state index >= 15 is 0 Å². The summed E-state index contributed by atoms with van der Waals surface area (Å²) < 4.78 is 26.7. The van der Waals surface area contributed by atoms with Crippen LogP contribution in [-0.2, 0) is 10.0 Å². The Morgan fingerprint density at radius 2 is 2.10 bits per heavy atom. The van der Waals surface area contributed by atoms with Gasteiger partial charge in [0.1, 0.15) is 4.90 Å². The molecule has 0 bridgehead atoms. The molecule has 0 aliphatic rings. The first-order chi connectivity index (χ1) is 9.81. The van der Waals surface area contributed by atoms with E-state index in [9.17, 15) is 13.2 Å². The highest BCUT2D eigenvalue weighted by atomic mass is 32.2. The molecule has 1 atom stereocenters. The molecule has 5 N–H and O–H groups in total. The highest BCUT2D eigenvalue weighted by molar-refractivity contribution is 7.89. The first kappa shape index (κ1) is 17.4. The number of aromatic carboxylic acids is 1. The van der Waals surface area contributed by atoms with Crippen molar-refractivity contribution in [2.45, 2.75) is 24.7 Å². The van der Waals surface area contributed by atoms with Crippen molar-refractivity contribution < 1.29 is 23.4 Å². The molecule has 0 aliphatic heterocycles. The quantitative estimate of drug-likeness (QED) is 0.521. The van der Waals surface area contributed by atoms with Crippen LogP contribution in [0.15, 0.2) is 23.1 Å². The molecule has 21 heavy (non-hydrogen) atoms. The number of carboxylic acid groups (broad SMARTS) is 1. The average Bonchev–Trinajstić information content (AvgIpc) is 2.42. The molecule has 0 radical (unpaired) electrons. The topological polar surface area (TPSA) is 130 Å². The summed E-state index contributed by atoms with van der Waals surface area (Å²) in [6.07, 6.45) is 1.24. The van der Waals surface area contributed by atoms with Crippen molar-refractivity contribution in [2.75, 3.05) is 18.9 Å². The molecule has 1 aromatic carbocycles. The predicted octanol–water partition coefficient (Wildman–Crippen LogP) is 0.654. The van der Waals surface area contributed by atoms with E-state index in [-0.39, 0.29) is 35.2 Å². The van der Waals surface area contributed by atoms with Gasteiger partial charge in [0.05, 0.1) is 11.3 Å². The number of anilines is 1. The fourth-order valence-corrected chi connectivity index (χ4v) is 3.09. The summed E-state index contributed by atoms with van der Waals surface area (Å²) in [5.74, 6) is -1.14. The van der Waals surface area contributed by atoms with E-state index in [0.29, 0.717) is 6.42 Å². The summed E-state index contributed by atoms with van der Waals surface area (Å²) >= 11 is 0. The van der Waals surface area contributed by atoms with Gasteiger partial charge >= 0.3 is 5.97 Å². The van der Waals surface area contributed by atoms with Gasteiger partial charge in [0.15, 0.2) is 0 Å². The molecule has 0 saturated heterocycles. The molecular weight excluding hydrogens is 296 g/mol. The molecule has 1 unspecified atom stereocenters. The van der Waals surface area contributed by atoms with Crippen LogP contribution >= 0.6 is 0 Å². The molecule has 118 valence electrons. The van der Waals surface area contributed by atoms with Crippen LogP contribution in [0.3, 0.4) is 0 Å². The number of hydrogen-bond donors (Lipinski definition) is 4. The SMILES string of the molecule is CCC(CCO)CNS(=O)(=O)c1ccc(C(=O)O)cc1N. The normalized spacial score (nSPS) is 13.0. The molecule has 0 aliphatic carbocycles. The number of aliphatic hydroxyl groups is 1. The van der Waals surface area contributed by atoms with Gasteiger partial charge in [0.25, 0.3) is 0 Å². The maximum Gasteiger partial charge on any atom is 0.335 e. The Kier molecular flexibility index (Phi) is 6.13. The summed E-state index contributed by atoms with van der Waals surface area (Å²) in [4.78, 5) is 10.6. The maximum atomic E-state index is 12.2. The van der Waals surface area contributed by atoms with Crippen molar-refractivity contribution in [3.8, 4) is 0 Å². The van der Waals surface area contributed by atoms with Crippen LogP contribution in [0.5, 0.6) is 0 Å². The van der Waals surface area contributed by atoms with E-state index in [0.717, 1.165) is 12.5 Å². The molecule has 0 aromatic heterocycles. The Morgan fingerprint density at radius 3 is 2.57 bits per heavy atom. The van der Waals surface area contributed by atoms with E-state index < -0.39 is 16.0 Å². The number of aliphatic hydroxyl groups excluding tert-OH is 1. The summed E-state index contributed by atoms with van der Waals surface area (Å²) in [6, 6.07) is 3.48. The van der Waals surface area contributed by atoms with Crippen LogP contribution in [-0.4, -0.2) is 37.8 Å². The zero-order chi connectivity index (χ0) is 16.0. The number of nitrogen functional groups attached to an aromatic ring is 1. The summed E-state index contributed by atoms with van der Waals surface area (Å²) in [7, 11) is -3.81. The third kappa shape index (κ3) is 4.69. The maximum absolute atomic E-state index is 12.2. The molecular formula is C13H20N2O5S. The second kappa shape index (κ2) is 7.39. The largest absolute Gasteiger partial charge is 0.478 e. The van der Waals surface area contributed by atoms with Crippen LogP contribution in [0.2, 0.25) is 0 Å². The van der Waals surface area contributed by atoms with Crippen molar-refractivity contribution in [2.24, 2.45) is 5.92 Å². The highest BCUT2D eigenvalue weighted by Crippen LogP contribution is 2.20. The van der Waals surface area contributed by atoms with Crippen molar-refractivity contribution in [1.29, 1.82) is 0 Å². The molecule has 1 rings (SSSR count). The molecule has 0 fully saturated rings. The lowest BCUT2D eigenvalue weighted by atomic mass is 10.0. The summed E-state index contributed by atoms with van der Waals surface area (Å²) in [6.45, 7) is 2.10. The van der Waals surface area contributed by atoms with Crippen LogP contribution in [0.1, 0.15) is 30.1 Å². The Labute approximate surface area is 123 Å². The Bertz CT molecular complexity index is 601. The zero-order valence-electron chi connectivity index (χ0n) is 11.7. The third-order valence-corrected chi connectivity index (χ3v) is 4.72. The van der Waals surface area contributed by atoms with Crippen molar-refractivity contribution >= 4 is 21.7 Å². The lowest BCUT2D eigenvalue weighted by Crippen LogP contribution is -2.30. The standard InChI is InChI=1S/C13H20N2O5S/c1-2-9(5-6-16)8-15-21(19,20)12-4-3-10(13(17)18)7-11(12)14/h3-4,7,9,15-16H,2,5-6,8,14H2,1H3,(H,17,18). The first-order valence-electron chi connectivity index (χ1n) is 6.55. The molecule has 8 heteroatoms. The van der Waals surface area contributed by atoms with E-state index in [1.165, 1.54) is 12.1 Å². The molecule has 1 aromatic rings. The molecule has 7 nitrogen and oxygen atoms in total. The number of benzene rings is 1. The predicted molar refractivity (Wildman–Crippen MR) is 78.5 cm³/mol. The number of carboxylic acids is 1. The van der Waals surface area contributed by atoms with Gasteiger partial charge in [0, 0.05) is 13.2 Å². The van der Waals surface area contributed by atoms with E-state index in [1.54, 1.807) is 0 Å². The molecule has 0 saturated carbocycles. The highest BCUT2D eigenvalue weighted by Gasteiger charge is 2.20. The lowest BCUT2D eigenvalue weighted by molar-refractivity contribution is 0.0697. The van der Waals surface area contributed by atoms with Crippen LogP contribution in [0, 0.1) is 5.92 Å². The van der Waals surface area contributed by atoms with Gasteiger partial charge in [-0.3, -0.25) is 0 Å². The summed E-state index contributed by atoms with van der Waals surface area (Å²) in [5.41, 5.74) is 5.44. The van der Waals surface area contributed by atoms with Gasteiger partial charge in [-0.2, -0.15) is 0 Å². The van der Waals surface area contributed by atoms with E-state index in [4.69, 9.17) is 15.9 Å². The molecule has 0 heterocycles. The number of sulfonamides is 1. The summed E-state index contributed by atoms with van der Waals surface area (Å²) in [5, 5.41) is 17.7. The minimum Gasteiger partial charge on any atom is -0.478 e. The second-order valence-corrected chi connectivity index (χ2v) is 6.43. The van der Waals surface area contributed by atoms with Crippen molar-refractivity contribution in [3.05, 3.63) is 23.8 Å². The number of nitrogens with one attached hydrogen (secondary N) is 1. The average molecular weight is 316 g/mol. The Hall–Kier alpha value is -1.64. The Morgan fingerprint density at radius 1 is 1.43 bits per heavy atom. The van der Waals surface area contributed by atoms with Gasteiger partial charge in [-0.1, -0.05) is 13.3 Å². The van der Waals surface area contributed by atoms with E-state index in [2.05, 4.69) is 4.72 Å². The van der Waals surface area contributed by atoms with Crippen LogP contribution in [0.4, 0.5) is 5.69 Å². The number of rotatable bonds is 8. The fraction of sp³-hybridized carbons (Fsp3) is 0.462. The van der Waals surface area contributed by atoms with Crippen LogP contribution < -0.4 is 10.5 Å².